The Balaban J connectivity index is 1.62. The molecule has 1 aliphatic heterocycles. The summed E-state index contributed by atoms with van der Waals surface area (Å²) in [6, 6.07) is 12.1. The minimum Gasteiger partial charge on any atom is -0.393 e. The van der Waals surface area contributed by atoms with Gasteiger partial charge in [0.2, 0.25) is 0 Å². The first-order chi connectivity index (χ1) is 12.2. The van der Waals surface area contributed by atoms with Gasteiger partial charge in [-0.15, -0.1) is 0 Å². The molecule has 1 aliphatic rings. The fourth-order valence-electron chi connectivity index (χ4n) is 3.44. The van der Waals surface area contributed by atoms with Gasteiger partial charge in [-0.25, -0.2) is 4.98 Å². The van der Waals surface area contributed by atoms with E-state index in [-0.39, 0.29) is 6.10 Å². The highest BCUT2D eigenvalue weighted by molar-refractivity contribution is 5.76. The van der Waals surface area contributed by atoms with E-state index in [2.05, 4.69) is 34.1 Å². The van der Waals surface area contributed by atoms with E-state index in [9.17, 15) is 9.90 Å². The van der Waals surface area contributed by atoms with Crippen LogP contribution in [0.25, 0.3) is 16.9 Å². The van der Waals surface area contributed by atoms with Crippen molar-refractivity contribution in [3.05, 3.63) is 59.9 Å². The van der Waals surface area contributed by atoms with Gasteiger partial charge in [-0.1, -0.05) is 18.2 Å². The minimum absolute atomic E-state index is 0.146. The molecule has 0 aliphatic carbocycles. The number of nitrogens with zero attached hydrogens (tertiary/aromatic N) is 3. The quantitative estimate of drug-likeness (QED) is 0.745. The molecule has 1 aromatic carbocycles. The Kier molecular flexibility index (Phi) is 4.34. The normalized spacial score (nSPS) is 16.4. The van der Waals surface area contributed by atoms with Crippen LogP contribution in [0.4, 0.5) is 0 Å². The topological polar surface area (TPSA) is 57.8 Å². The first-order valence-corrected chi connectivity index (χ1v) is 8.65. The zero-order valence-electron chi connectivity index (χ0n) is 14.0. The molecule has 1 N–H and O–H groups in total. The SMILES string of the molecule is O=Cc1ccc2ncc(-c3cccc(CN4CCC(O)CC4)c3)n2c1. The van der Waals surface area contributed by atoms with Crippen LogP contribution in [0.5, 0.6) is 0 Å². The maximum Gasteiger partial charge on any atom is 0.151 e. The Morgan fingerprint density at radius 3 is 2.84 bits per heavy atom. The van der Waals surface area contributed by atoms with Gasteiger partial charge in [-0.3, -0.25) is 14.1 Å². The first-order valence-electron chi connectivity index (χ1n) is 8.65. The van der Waals surface area contributed by atoms with Crippen LogP contribution in [0.15, 0.2) is 48.8 Å². The first kappa shape index (κ1) is 16.0. The highest BCUT2D eigenvalue weighted by atomic mass is 16.3. The van der Waals surface area contributed by atoms with Crippen LogP contribution in [-0.2, 0) is 6.54 Å². The molecule has 0 amide bonds. The van der Waals surface area contributed by atoms with E-state index in [1.165, 1.54) is 5.56 Å². The number of piperidine rings is 1. The molecule has 0 atom stereocenters. The fourth-order valence-corrected chi connectivity index (χ4v) is 3.44. The number of rotatable bonds is 4. The van der Waals surface area contributed by atoms with Crippen molar-refractivity contribution in [1.29, 1.82) is 0 Å². The molecule has 0 bridgehead atoms. The van der Waals surface area contributed by atoms with Crippen LogP contribution in [0, 0.1) is 0 Å². The summed E-state index contributed by atoms with van der Waals surface area (Å²) in [5.74, 6) is 0. The lowest BCUT2D eigenvalue weighted by molar-refractivity contribution is 0.0792. The third kappa shape index (κ3) is 3.34. The van der Waals surface area contributed by atoms with Crippen LogP contribution in [0.2, 0.25) is 0 Å². The standard InChI is InChI=1S/C20H21N3O2/c24-14-16-4-5-20-21-11-19(23(20)13-16)17-3-1-2-15(10-17)12-22-8-6-18(25)7-9-22/h1-5,10-11,13-14,18,25H,6-9,12H2. The summed E-state index contributed by atoms with van der Waals surface area (Å²) in [7, 11) is 0. The summed E-state index contributed by atoms with van der Waals surface area (Å²) >= 11 is 0. The molecule has 5 heteroatoms. The average Bonchev–Trinajstić information content (AvgIpc) is 3.07. The van der Waals surface area contributed by atoms with Gasteiger partial charge in [0.1, 0.15) is 5.65 Å². The third-order valence-electron chi connectivity index (χ3n) is 4.85. The molecule has 0 unspecified atom stereocenters. The summed E-state index contributed by atoms with van der Waals surface area (Å²) in [5, 5.41) is 9.64. The van der Waals surface area contributed by atoms with Gasteiger partial charge >= 0.3 is 0 Å². The number of carbonyl (C=O) groups is 1. The number of likely N-dealkylation sites (tertiary alicyclic amines) is 1. The zero-order valence-corrected chi connectivity index (χ0v) is 14.0. The van der Waals surface area contributed by atoms with E-state index < -0.39 is 0 Å². The van der Waals surface area contributed by atoms with E-state index in [0.29, 0.717) is 5.56 Å². The predicted octanol–water partition coefficient (Wildman–Crippen LogP) is 2.77. The molecule has 5 nitrogen and oxygen atoms in total. The lowest BCUT2D eigenvalue weighted by Crippen LogP contribution is -2.35. The summed E-state index contributed by atoms with van der Waals surface area (Å²) in [5.41, 5.74) is 4.78. The number of pyridine rings is 1. The van der Waals surface area contributed by atoms with Crippen LogP contribution in [0.3, 0.4) is 0 Å². The molecule has 0 spiro atoms. The summed E-state index contributed by atoms with van der Waals surface area (Å²) in [4.78, 5) is 17.9. The van der Waals surface area contributed by atoms with Crippen molar-refractivity contribution in [3.63, 3.8) is 0 Å². The largest absolute Gasteiger partial charge is 0.393 e. The Bertz CT molecular complexity index is 895. The highest BCUT2D eigenvalue weighted by Gasteiger charge is 2.17. The molecule has 4 rings (SSSR count). The van der Waals surface area contributed by atoms with Gasteiger partial charge in [-0.2, -0.15) is 0 Å². The zero-order chi connectivity index (χ0) is 17.2. The number of carbonyl (C=O) groups excluding carboxylic acids is 1. The molecule has 0 saturated carbocycles. The van der Waals surface area contributed by atoms with Gasteiger partial charge in [0.05, 0.1) is 18.0 Å². The second kappa shape index (κ2) is 6.78. The van der Waals surface area contributed by atoms with E-state index in [1.807, 2.05) is 22.9 Å². The van der Waals surface area contributed by atoms with Crippen molar-refractivity contribution >= 4 is 11.9 Å². The third-order valence-corrected chi connectivity index (χ3v) is 4.85. The van der Waals surface area contributed by atoms with Gasteiger partial charge in [-0.05, 0) is 36.6 Å². The summed E-state index contributed by atoms with van der Waals surface area (Å²) in [6.45, 7) is 2.75. The Morgan fingerprint density at radius 1 is 1.20 bits per heavy atom. The number of aliphatic hydroxyl groups excluding tert-OH is 1. The number of hydrogen-bond donors (Lipinski definition) is 1. The molecule has 25 heavy (non-hydrogen) atoms. The average molecular weight is 335 g/mol. The summed E-state index contributed by atoms with van der Waals surface area (Å²) < 4.78 is 1.96. The van der Waals surface area contributed by atoms with Crippen molar-refractivity contribution in [3.8, 4) is 11.3 Å². The van der Waals surface area contributed by atoms with Crippen LogP contribution >= 0.6 is 0 Å². The second-order valence-electron chi connectivity index (χ2n) is 6.66. The number of benzene rings is 1. The Labute approximate surface area is 146 Å². The smallest absolute Gasteiger partial charge is 0.151 e. The van der Waals surface area contributed by atoms with E-state index >= 15 is 0 Å². The molecular formula is C20H21N3O2. The van der Waals surface area contributed by atoms with Crippen molar-refractivity contribution in [2.75, 3.05) is 13.1 Å². The van der Waals surface area contributed by atoms with Crippen molar-refractivity contribution in [2.24, 2.45) is 0 Å². The van der Waals surface area contributed by atoms with Crippen LogP contribution in [-0.4, -0.2) is 44.9 Å². The number of aromatic nitrogens is 2. The molecule has 3 aromatic rings. The number of imidazole rings is 1. The lowest BCUT2D eigenvalue weighted by atomic mass is 10.0. The van der Waals surface area contributed by atoms with Crippen molar-refractivity contribution in [2.45, 2.75) is 25.5 Å². The lowest BCUT2D eigenvalue weighted by Gasteiger charge is -2.29. The van der Waals surface area contributed by atoms with E-state index in [0.717, 1.165) is 55.7 Å². The van der Waals surface area contributed by atoms with Gasteiger partial charge < -0.3 is 5.11 Å². The van der Waals surface area contributed by atoms with E-state index in [1.54, 1.807) is 6.07 Å². The minimum atomic E-state index is -0.146. The molecular weight excluding hydrogens is 314 g/mol. The fraction of sp³-hybridized carbons (Fsp3) is 0.300. The predicted molar refractivity (Wildman–Crippen MR) is 96.5 cm³/mol. The molecule has 128 valence electrons. The summed E-state index contributed by atoms with van der Waals surface area (Å²) in [6.07, 6.45) is 6.07. The van der Waals surface area contributed by atoms with Gasteiger partial charge in [0.25, 0.3) is 0 Å². The Hall–Kier alpha value is -2.50. The number of aldehydes is 1. The number of hydrogen-bond acceptors (Lipinski definition) is 4. The maximum absolute atomic E-state index is 11.1. The van der Waals surface area contributed by atoms with Gasteiger partial charge in [0.15, 0.2) is 6.29 Å². The molecule has 0 radical (unpaired) electrons. The maximum atomic E-state index is 11.1. The van der Waals surface area contributed by atoms with Crippen molar-refractivity contribution in [1.82, 2.24) is 14.3 Å². The number of fused-ring (bicyclic) bond motifs is 1. The molecule has 1 fully saturated rings. The molecule has 2 aromatic heterocycles. The van der Waals surface area contributed by atoms with Crippen molar-refractivity contribution < 1.29 is 9.90 Å². The molecule has 1 saturated heterocycles. The molecule has 3 heterocycles. The van der Waals surface area contributed by atoms with Gasteiger partial charge in [0, 0.05) is 37.0 Å². The van der Waals surface area contributed by atoms with Crippen LogP contribution < -0.4 is 0 Å². The highest BCUT2D eigenvalue weighted by Crippen LogP contribution is 2.23. The number of aliphatic hydroxyl groups is 1. The van der Waals surface area contributed by atoms with E-state index in [4.69, 9.17) is 0 Å². The monoisotopic (exact) mass is 335 g/mol. The second-order valence-corrected chi connectivity index (χ2v) is 6.66. The Morgan fingerprint density at radius 2 is 2.04 bits per heavy atom. The van der Waals surface area contributed by atoms with Crippen LogP contribution in [0.1, 0.15) is 28.8 Å².